The van der Waals surface area contributed by atoms with Gasteiger partial charge in [-0.2, -0.15) is 13.2 Å². The Balaban J connectivity index is 2.32. The molecule has 0 saturated carbocycles. The van der Waals surface area contributed by atoms with E-state index in [2.05, 4.69) is 5.32 Å². The zero-order valence-electron chi connectivity index (χ0n) is 10.6. The second-order valence-corrected chi connectivity index (χ2v) is 5.52. The van der Waals surface area contributed by atoms with Crippen LogP contribution in [0.15, 0.2) is 36.4 Å². The first-order chi connectivity index (χ1) is 10.2. The van der Waals surface area contributed by atoms with Crippen molar-refractivity contribution in [1.82, 2.24) is 0 Å². The molecule has 8 heteroatoms. The molecular weight excluding hydrogens is 362 g/mol. The van der Waals surface area contributed by atoms with E-state index in [0.29, 0.717) is 5.02 Å². The standard InChI is InChI=1S/C14H7Cl3F3NO/c15-8-2-3-9(11(17)6-8)13(22)21-12-5-7(14(18,19)20)1-4-10(12)16/h1-6H,(H,21,22). The zero-order valence-corrected chi connectivity index (χ0v) is 12.9. The zero-order chi connectivity index (χ0) is 16.5. The first-order valence-electron chi connectivity index (χ1n) is 5.81. The maximum atomic E-state index is 12.7. The second-order valence-electron chi connectivity index (χ2n) is 4.27. The molecule has 2 nitrogen and oxygen atoms in total. The maximum absolute atomic E-state index is 12.7. The molecule has 2 aromatic carbocycles. The number of anilines is 1. The molecule has 2 rings (SSSR count). The van der Waals surface area contributed by atoms with E-state index in [1.807, 2.05) is 0 Å². The molecule has 0 radical (unpaired) electrons. The molecule has 0 aliphatic rings. The van der Waals surface area contributed by atoms with Crippen LogP contribution in [0.2, 0.25) is 15.1 Å². The van der Waals surface area contributed by atoms with Crippen LogP contribution >= 0.6 is 34.8 Å². The Labute approximate surface area is 138 Å². The van der Waals surface area contributed by atoms with Crippen LogP contribution < -0.4 is 5.32 Å². The first-order valence-corrected chi connectivity index (χ1v) is 6.95. The van der Waals surface area contributed by atoms with E-state index in [1.54, 1.807) is 0 Å². The fourth-order valence-corrected chi connectivity index (χ4v) is 2.32. The van der Waals surface area contributed by atoms with Crippen molar-refractivity contribution in [1.29, 1.82) is 0 Å². The van der Waals surface area contributed by atoms with Gasteiger partial charge in [-0.05, 0) is 36.4 Å². The normalized spacial score (nSPS) is 11.4. The van der Waals surface area contributed by atoms with Crippen LogP contribution in [0.3, 0.4) is 0 Å². The largest absolute Gasteiger partial charge is 0.416 e. The minimum atomic E-state index is -4.54. The molecule has 0 aliphatic carbocycles. The second kappa shape index (κ2) is 6.36. The number of carbonyl (C=O) groups excluding carboxylic acids is 1. The Bertz CT molecular complexity index is 732. The Hall–Kier alpha value is -1.43. The number of nitrogens with one attached hydrogen (secondary N) is 1. The lowest BCUT2D eigenvalue weighted by molar-refractivity contribution is -0.137. The molecule has 0 heterocycles. The molecular formula is C14H7Cl3F3NO. The lowest BCUT2D eigenvalue weighted by Crippen LogP contribution is -2.14. The molecule has 0 fully saturated rings. The number of hydrogen-bond donors (Lipinski definition) is 1. The summed E-state index contributed by atoms with van der Waals surface area (Å²) in [4.78, 5) is 12.1. The summed E-state index contributed by atoms with van der Waals surface area (Å²) in [6.07, 6.45) is -4.54. The quantitative estimate of drug-likeness (QED) is 0.700. The highest BCUT2D eigenvalue weighted by atomic mass is 35.5. The van der Waals surface area contributed by atoms with Crippen LogP contribution in [0.1, 0.15) is 15.9 Å². The monoisotopic (exact) mass is 367 g/mol. The van der Waals surface area contributed by atoms with E-state index in [4.69, 9.17) is 34.8 Å². The fourth-order valence-electron chi connectivity index (χ4n) is 1.66. The lowest BCUT2D eigenvalue weighted by Gasteiger charge is -2.12. The van der Waals surface area contributed by atoms with Crippen LogP contribution in [-0.2, 0) is 6.18 Å². The number of hydrogen-bond acceptors (Lipinski definition) is 1. The van der Waals surface area contributed by atoms with E-state index in [-0.39, 0.29) is 21.3 Å². The van der Waals surface area contributed by atoms with E-state index in [0.717, 1.165) is 18.2 Å². The van der Waals surface area contributed by atoms with E-state index >= 15 is 0 Å². The summed E-state index contributed by atoms with van der Waals surface area (Å²) in [5.74, 6) is -0.692. The van der Waals surface area contributed by atoms with Crippen molar-refractivity contribution in [2.75, 3.05) is 5.32 Å². The summed E-state index contributed by atoms with van der Waals surface area (Å²) in [5, 5.41) is 2.69. The fraction of sp³-hybridized carbons (Fsp3) is 0.0714. The molecule has 0 unspecified atom stereocenters. The molecule has 1 amide bonds. The van der Waals surface area contributed by atoms with Crippen molar-refractivity contribution in [2.24, 2.45) is 0 Å². The van der Waals surface area contributed by atoms with Gasteiger partial charge in [-0.25, -0.2) is 0 Å². The van der Waals surface area contributed by atoms with Crippen LogP contribution in [0.5, 0.6) is 0 Å². The van der Waals surface area contributed by atoms with E-state index in [1.165, 1.54) is 18.2 Å². The lowest BCUT2D eigenvalue weighted by atomic mass is 10.1. The minimum Gasteiger partial charge on any atom is -0.321 e. The Morgan fingerprint density at radius 3 is 2.23 bits per heavy atom. The van der Waals surface area contributed by atoms with Crippen molar-refractivity contribution < 1.29 is 18.0 Å². The topological polar surface area (TPSA) is 29.1 Å². The summed E-state index contributed by atoms with van der Waals surface area (Å²) >= 11 is 17.4. The average molecular weight is 369 g/mol. The van der Waals surface area contributed by atoms with E-state index in [9.17, 15) is 18.0 Å². The third-order valence-corrected chi connectivity index (χ3v) is 3.60. The van der Waals surface area contributed by atoms with Gasteiger partial charge in [-0.15, -0.1) is 0 Å². The third-order valence-electron chi connectivity index (χ3n) is 2.72. The van der Waals surface area contributed by atoms with Crippen LogP contribution in [0.25, 0.3) is 0 Å². The molecule has 0 atom stereocenters. The van der Waals surface area contributed by atoms with Gasteiger partial charge in [0.25, 0.3) is 5.91 Å². The number of rotatable bonds is 2. The Morgan fingerprint density at radius 1 is 0.955 bits per heavy atom. The molecule has 22 heavy (non-hydrogen) atoms. The van der Waals surface area contributed by atoms with Gasteiger partial charge < -0.3 is 5.32 Å². The number of benzene rings is 2. The maximum Gasteiger partial charge on any atom is 0.416 e. The number of carbonyl (C=O) groups is 1. The van der Waals surface area contributed by atoms with Crippen molar-refractivity contribution in [3.63, 3.8) is 0 Å². The highest BCUT2D eigenvalue weighted by molar-refractivity contribution is 6.37. The van der Waals surface area contributed by atoms with E-state index < -0.39 is 17.6 Å². The van der Waals surface area contributed by atoms with Gasteiger partial charge in [0.1, 0.15) is 0 Å². The Morgan fingerprint density at radius 2 is 1.64 bits per heavy atom. The molecule has 0 saturated heterocycles. The van der Waals surface area contributed by atoms with Gasteiger partial charge in [0, 0.05) is 5.02 Å². The SMILES string of the molecule is O=C(Nc1cc(C(F)(F)F)ccc1Cl)c1ccc(Cl)cc1Cl. The molecule has 0 aromatic heterocycles. The summed E-state index contributed by atoms with van der Waals surface area (Å²) < 4.78 is 38.0. The van der Waals surface area contributed by atoms with Crippen LogP contribution in [0, 0.1) is 0 Å². The summed E-state index contributed by atoms with van der Waals surface area (Å²) in [6, 6.07) is 6.80. The van der Waals surface area contributed by atoms with Crippen molar-refractivity contribution in [2.45, 2.75) is 6.18 Å². The highest BCUT2D eigenvalue weighted by Gasteiger charge is 2.31. The summed E-state index contributed by atoms with van der Waals surface area (Å²) in [7, 11) is 0. The summed E-state index contributed by atoms with van der Waals surface area (Å²) in [6.45, 7) is 0. The number of amides is 1. The molecule has 2 aromatic rings. The molecule has 0 spiro atoms. The average Bonchev–Trinajstić information content (AvgIpc) is 2.39. The molecule has 1 N–H and O–H groups in total. The van der Waals surface area contributed by atoms with Gasteiger partial charge in [0.2, 0.25) is 0 Å². The molecule has 0 aliphatic heterocycles. The van der Waals surface area contributed by atoms with Gasteiger partial charge in [-0.3, -0.25) is 4.79 Å². The minimum absolute atomic E-state index is 0.0218. The van der Waals surface area contributed by atoms with Gasteiger partial charge in [-0.1, -0.05) is 34.8 Å². The number of alkyl halides is 3. The van der Waals surface area contributed by atoms with Gasteiger partial charge >= 0.3 is 6.18 Å². The van der Waals surface area contributed by atoms with Gasteiger partial charge in [0.05, 0.1) is 26.9 Å². The molecule has 0 bridgehead atoms. The Kier molecular flexibility index (Phi) is 4.90. The van der Waals surface area contributed by atoms with Crippen LogP contribution in [-0.4, -0.2) is 5.91 Å². The number of halogens is 6. The predicted octanol–water partition coefficient (Wildman–Crippen LogP) is 5.92. The van der Waals surface area contributed by atoms with Crippen molar-refractivity contribution >= 4 is 46.4 Å². The van der Waals surface area contributed by atoms with Crippen molar-refractivity contribution in [3.8, 4) is 0 Å². The summed E-state index contributed by atoms with van der Waals surface area (Å²) in [5.41, 5.74) is -1.01. The van der Waals surface area contributed by atoms with Crippen LogP contribution in [0.4, 0.5) is 18.9 Å². The van der Waals surface area contributed by atoms with Gasteiger partial charge in [0.15, 0.2) is 0 Å². The first kappa shape index (κ1) is 16.9. The van der Waals surface area contributed by atoms with Crippen molar-refractivity contribution in [3.05, 3.63) is 62.6 Å². The molecule has 116 valence electrons. The smallest absolute Gasteiger partial charge is 0.321 e. The third kappa shape index (κ3) is 3.85. The predicted molar refractivity (Wildman–Crippen MR) is 80.9 cm³/mol. The highest BCUT2D eigenvalue weighted by Crippen LogP contribution is 2.34.